The zero-order chi connectivity index (χ0) is 16.5. The topological polar surface area (TPSA) is 21.8 Å². The molecule has 21 heavy (non-hydrogen) atoms. The van der Waals surface area contributed by atoms with Crippen LogP contribution in [-0.4, -0.2) is 30.4 Å². The number of hydrogen-bond donors (Lipinski definition) is 0. The van der Waals surface area contributed by atoms with E-state index in [1.165, 1.54) is 12.8 Å². The third kappa shape index (κ3) is 5.85. The van der Waals surface area contributed by atoms with Crippen LogP contribution in [0.2, 0.25) is 18.1 Å². The fourth-order valence-corrected chi connectivity index (χ4v) is 4.09. The van der Waals surface area contributed by atoms with Crippen LogP contribution in [0.25, 0.3) is 0 Å². The zero-order valence-corrected chi connectivity index (χ0v) is 17.3. The molecule has 0 aromatic carbocycles. The lowest BCUT2D eigenvalue weighted by Crippen LogP contribution is -2.49. The SMILES string of the molecule is CCCCC[C@@H]1O[C@H]1[C@@H](O[Si](C)(C)C(C)(C)C)C(Cl)(Cl)Cl. The highest BCUT2D eigenvalue weighted by Gasteiger charge is 2.55. The standard InChI is InChI=1S/C15H29Cl3O2Si/c1-7-8-9-10-11-12(19-11)13(15(16,17)18)20-21(5,6)14(2,3)4/h11-13H,7-10H2,1-6H3/t11-,12+,13+/m0/s1. The molecule has 1 aliphatic heterocycles. The molecule has 1 rings (SSSR count). The maximum Gasteiger partial charge on any atom is 0.217 e. The summed E-state index contributed by atoms with van der Waals surface area (Å²) in [4.78, 5) is 0. The molecule has 1 saturated heterocycles. The van der Waals surface area contributed by atoms with E-state index < -0.39 is 18.2 Å². The average molecular weight is 376 g/mol. The second kappa shape index (κ2) is 7.27. The second-order valence-electron chi connectivity index (χ2n) is 7.48. The Bertz CT molecular complexity index is 337. The lowest BCUT2D eigenvalue weighted by atomic mass is 10.1. The summed E-state index contributed by atoms with van der Waals surface area (Å²) in [5.74, 6) is 0. The van der Waals surface area contributed by atoms with Gasteiger partial charge in [-0.15, -0.1) is 0 Å². The zero-order valence-electron chi connectivity index (χ0n) is 14.0. The van der Waals surface area contributed by atoms with Gasteiger partial charge in [0.25, 0.3) is 0 Å². The van der Waals surface area contributed by atoms with Crippen LogP contribution in [0.4, 0.5) is 0 Å². The van der Waals surface area contributed by atoms with Crippen LogP contribution >= 0.6 is 34.8 Å². The smallest absolute Gasteiger partial charge is 0.217 e. The van der Waals surface area contributed by atoms with Crippen molar-refractivity contribution in [2.45, 2.75) is 93.6 Å². The Balaban J connectivity index is 2.68. The molecule has 0 aromatic rings. The Morgan fingerprint density at radius 3 is 2.14 bits per heavy atom. The molecule has 0 radical (unpaired) electrons. The Kier molecular flexibility index (Phi) is 6.94. The number of ether oxygens (including phenoxy) is 1. The largest absolute Gasteiger partial charge is 0.407 e. The second-order valence-corrected chi connectivity index (χ2v) is 14.6. The molecule has 1 aliphatic rings. The van der Waals surface area contributed by atoms with E-state index in [9.17, 15) is 0 Å². The Hall–Kier alpha value is 1.01. The monoisotopic (exact) mass is 374 g/mol. The van der Waals surface area contributed by atoms with E-state index >= 15 is 0 Å². The lowest BCUT2D eigenvalue weighted by molar-refractivity contribution is 0.145. The molecule has 0 amide bonds. The molecule has 1 fully saturated rings. The van der Waals surface area contributed by atoms with Crippen molar-refractivity contribution in [2.75, 3.05) is 0 Å². The van der Waals surface area contributed by atoms with E-state index in [-0.39, 0.29) is 17.2 Å². The molecule has 0 bridgehead atoms. The number of unbranched alkanes of at least 4 members (excludes halogenated alkanes) is 2. The van der Waals surface area contributed by atoms with Crippen LogP contribution in [-0.2, 0) is 9.16 Å². The van der Waals surface area contributed by atoms with Crippen molar-refractivity contribution >= 4 is 43.1 Å². The van der Waals surface area contributed by atoms with Gasteiger partial charge in [-0.3, -0.25) is 0 Å². The normalized spacial score (nSPS) is 25.0. The third-order valence-corrected chi connectivity index (χ3v) is 9.66. The Labute approximate surface area is 145 Å². The summed E-state index contributed by atoms with van der Waals surface area (Å²) in [5, 5.41) is 0.0771. The number of hydrogen-bond acceptors (Lipinski definition) is 2. The van der Waals surface area contributed by atoms with Gasteiger partial charge in [-0.1, -0.05) is 81.8 Å². The summed E-state index contributed by atoms with van der Waals surface area (Å²) in [6.45, 7) is 13.1. The van der Waals surface area contributed by atoms with E-state index in [0.717, 1.165) is 12.8 Å². The highest BCUT2D eigenvalue weighted by atomic mass is 35.6. The molecule has 0 aromatic heterocycles. The predicted octanol–water partition coefficient (Wildman–Crippen LogP) is 6.09. The first kappa shape index (κ1) is 20.1. The van der Waals surface area contributed by atoms with Gasteiger partial charge in [-0.25, -0.2) is 0 Å². The molecular weight excluding hydrogens is 347 g/mol. The maximum atomic E-state index is 6.35. The third-order valence-electron chi connectivity index (χ3n) is 4.56. The minimum absolute atomic E-state index is 0.0771. The van der Waals surface area contributed by atoms with Crippen molar-refractivity contribution in [3.8, 4) is 0 Å². The van der Waals surface area contributed by atoms with Crippen molar-refractivity contribution in [2.24, 2.45) is 0 Å². The van der Waals surface area contributed by atoms with Gasteiger partial charge in [0.2, 0.25) is 3.79 Å². The molecule has 0 aliphatic carbocycles. The molecule has 126 valence electrons. The summed E-state index contributed by atoms with van der Waals surface area (Å²) in [7, 11) is -2.00. The first-order valence-electron chi connectivity index (χ1n) is 7.80. The minimum Gasteiger partial charge on any atom is -0.407 e. The van der Waals surface area contributed by atoms with Gasteiger partial charge in [0, 0.05) is 0 Å². The van der Waals surface area contributed by atoms with Crippen LogP contribution in [0.3, 0.4) is 0 Å². The fourth-order valence-electron chi connectivity index (χ4n) is 2.06. The number of alkyl halides is 3. The van der Waals surface area contributed by atoms with Crippen molar-refractivity contribution in [3.63, 3.8) is 0 Å². The van der Waals surface area contributed by atoms with Gasteiger partial charge < -0.3 is 9.16 Å². The fraction of sp³-hybridized carbons (Fsp3) is 1.00. The van der Waals surface area contributed by atoms with E-state index in [0.29, 0.717) is 0 Å². The first-order chi connectivity index (χ1) is 9.40. The van der Waals surface area contributed by atoms with Crippen LogP contribution in [0, 0.1) is 0 Å². The molecule has 0 unspecified atom stereocenters. The molecule has 2 nitrogen and oxygen atoms in total. The average Bonchev–Trinajstić information content (AvgIpc) is 3.02. The van der Waals surface area contributed by atoms with E-state index in [1.807, 2.05) is 0 Å². The van der Waals surface area contributed by atoms with Gasteiger partial charge in [-0.2, -0.15) is 0 Å². The quantitative estimate of drug-likeness (QED) is 0.232. The highest BCUT2D eigenvalue weighted by Crippen LogP contribution is 2.47. The molecule has 0 spiro atoms. The van der Waals surface area contributed by atoms with Gasteiger partial charge in [0.05, 0.1) is 6.10 Å². The predicted molar refractivity (Wildman–Crippen MR) is 95.2 cm³/mol. The van der Waals surface area contributed by atoms with E-state index in [4.69, 9.17) is 44.0 Å². The van der Waals surface area contributed by atoms with E-state index in [1.54, 1.807) is 0 Å². The molecule has 0 N–H and O–H groups in total. The van der Waals surface area contributed by atoms with Crippen LogP contribution in [0.1, 0.15) is 53.4 Å². The van der Waals surface area contributed by atoms with Crippen LogP contribution in [0.5, 0.6) is 0 Å². The lowest BCUT2D eigenvalue weighted by Gasteiger charge is -2.40. The Morgan fingerprint density at radius 2 is 1.71 bits per heavy atom. The summed E-state index contributed by atoms with van der Waals surface area (Å²) < 4.78 is 10.7. The van der Waals surface area contributed by atoms with Crippen molar-refractivity contribution < 1.29 is 9.16 Å². The molecule has 3 atom stereocenters. The number of rotatable bonds is 7. The summed E-state index contributed by atoms with van der Waals surface area (Å²) in [6.07, 6.45) is 4.22. The molecule has 1 heterocycles. The summed E-state index contributed by atoms with van der Waals surface area (Å²) >= 11 is 18.5. The molecular formula is C15H29Cl3O2Si. The van der Waals surface area contributed by atoms with Gasteiger partial charge >= 0.3 is 0 Å². The van der Waals surface area contributed by atoms with Crippen molar-refractivity contribution in [1.29, 1.82) is 0 Å². The summed E-state index contributed by atoms with van der Waals surface area (Å²) in [6, 6.07) is 0. The molecule has 0 saturated carbocycles. The minimum atomic E-state index is -2.00. The van der Waals surface area contributed by atoms with E-state index in [2.05, 4.69) is 40.8 Å². The van der Waals surface area contributed by atoms with Gasteiger partial charge in [0.1, 0.15) is 12.2 Å². The number of epoxide rings is 1. The maximum absolute atomic E-state index is 6.35. The van der Waals surface area contributed by atoms with Gasteiger partial charge in [-0.05, 0) is 24.6 Å². The Morgan fingerprint density at radius 1 is 1.14 bits per heavy atom. The van der Waals surface area contributed by atoms with Crippen molar-refractivity contribution in [1.82, 2.24) is 0 Å². The first-order valence-corrected chi connectivity index (χ1v) is 11.8. The van der Waals surface area contributed by atoms with Crippen LogP contribution in [0.15, 0.2) is 0 Å². The van der Waals surface area contributed by atoms with Crippen LogP contribution < -0.4 is 0 Å². The highest BCUT2D eigenvalue weighted by molar-refractivity contribution is 6.74. The molecule has 6 heteroatoms. The number of halogens is 3. The van der Waals surface area contributed by atoms with Gasteiger partial charge in [0.15, 0.2) is 8.32 Å². The summed E-state index contributed by atoms with van der Waals surface area (Å²) in [5.41, 5.74) is 0. The van der Waals surface area contributed by atoms with Crippen molar-refractivity contribution in [3.05, 3.63) is 0 Å².